The van der Waals surface area contributed by atoms with Crippen molar-refractivity contribution in [1.82, 2.24) is 25.7 Å². The number of ether oxygens (including phenoxy) is 2. The average Bonchev–Trinajstić information content (AvgIpc) is 3.24. The van der Waals surface area contributed by atoms with Crippen molar-refractivity contribution < 1.29 is 19.1 Å². The van der Waals surface area contributed by atoms with E-state index in [4.69, 9.17) is 9.47 Å². The van der Waals surface area contributed by atoms with Gasteiger partial charge in [0.05, 0.1) is 5.69 Å². The number of para-hydroxylation sites is 1. The van der Waals surface area contributed by atoms with Crippen LogP contribution in [0.3, 0.4) is 0 Å². The number of hydrogen-bond donors (Lipinski definition) is 2. The fourth-order valence-electron chi connectivity index (χ4n) is 3.39. The zero-order valence-electron chi connectivity index (χ0n) is 17.0. The van der Waals surface area contributed by atoms with Gasteiger partial charge >= 0.3 is 0 Å². The maximum atomic E-state index is 13.0. The Bertz CT molecular complexity index is 1310. The molecule has 0 bridgehead atoms. The predicted octanol–water partition coefficient (Wildman–Crippen LogP) is 2.94. The van der Waals surface area contributed by atoms with E-state index in [9.17, 15) is 9.59 Å². The maximum absolute atomic E-state index is 13.0. The number of nitrogens with zero attached hydrogens (tertiary/aromatic N) is 4. The molecule has 0 radical (unpaired) electrons. The molecule has 2 aromatic heterocycles. The smallest absolute Gasteiger partial charge is 0.270 e. The summed E-state index contributed by atoms with van der Waals surface area (Å²) in [5.74, 6) is 0.742. The zero-order valence-corrected chi connectivity index (χ0v) is 17.0. The van der Waals surface area contributed by atoms with Gasteiger partial charge in [0.2, 0.25) is 0 Å². The van der Waals surface area contributed by atoms with Crippen LogP contribution in [0.1, 0.15) is 17.9 Å². The van der Waals surface area contributed by atoms with Crippen molar-refractivity contribution in [3.05, 3.63) is 66.5 Å². The Hall–Kier alpha value is -4.47. The van der Waals surface area contributed by atoms with Gasteiger partial charge in [-0.25, -0.2) is 0 Å². The van der Waals surface area contributed by atoms with Crippen LogP contribution in [0.25, 0.3) is 11.0 Å². The van der Waals surface area contributed by atoms with Crippen LogP contribution in [-0.4, -0.2) is 51.9 Å². The highest BCUT2D eigenvalue weighted by Crippen LogP contribution is 2.33. The number of fused-ring (bicyclic) bond motifs is 2. The summed E-state index contributed by atoms with van der Waals surface area (Å²) in [6.07, 6.45) is 1.48. The molecule has 10 nitrogen and oxygen atoms in total. The number of carbonyl (C=O) groups excluding carboxylic acids is 2. The van der Waals surface area contributed by atoms with Gasteiger partial charge < -0.3 is 19.7 Å². The first-order valence-corrected chi connectivity index (χ1v) is 9.83. The first-order chi connectivity index (χ1) is 15.6. The van der Waals surface area contributed by atoms with Crippen LogP contribution < -0.4 is 19.7 Å². The summed E-state index contributed by atoms with van der Waals surface area (Å²) in [5.41, 5.74) is 1.89. The minimum Gasteiger partial charge on any atom is -0.489 e. The number of rotatable bonds is 4. The molecule has 33 heavy (non-hydrogen) atoms. The number of likely N-dealkylation sites (N-methyl/N-ethyl adjacent to an activating group) is 1. The van der Waals surface area contributed by atoms with E-state index < -0.39 is 11.9 Å². The summed E-state index contributed by atoms with van der Waals surface area (Å²) >= 11 is 0. The lowest BCUT2D eigenvalue weighted by molar-refractivity contribution is -0.120. The van der Waals surface area contributed by atoms with E-state index in [1.807, 2.05) is 30.3 Å². The van der Waals surface area contributed by atoms with Gasteiger partial charge in [0.1, 0.15) is 46.6 Å². The number of H-pyrrole nitrogens is 1. The molecule has 1 atom stereocenters. The monoisotopic (exact) mass is 446 g/mol. The van der Waals surface area contributed by atoms with Gasteiger partial charge in [0.15, 0.2) is 0 Å². The molecule has 168 valence electrons. The molecule has 2 amide bonds. The van der Waals surface area contributed by atoms with Crippen LogP contribution in [0.2, 0.25) is 0 Å². The van der Waals surface area contributed by atoms with Crippen LogP contribution in [0, 0.1) is 0 Å². The molecule has 3 heterocycles. The molecule has 5 rings (SSSR count). The molecule has 0 unspecified atom stereocenters. The maximum Gasteiger partial charge on any atom is 0.270 e. The summed E-state index contributed by atoms with van der Waals surface area (Å²) in [5, 5.41) is 13.3. The van der Waals surface area contributed by atoms with Gasteiger partial charge in [0, 0.05) is 25.4 Å². The number of pyridine rings is 1. The molecule has 0 fully saturated rings. The molecule has 2 aromatic carbocycles. The van der Waals surface area contributed by atoms with E-state index in [1.54, 1.807) is 25.2 Å². The van der Waals surface area contributed by atoms with Crippen LogP contribution in [0.5, 0.6) is 17.2 Å². The lowest BCUT2D eigenvalue weighted by Gasteiger charge is -2.20. The van der Waals surface area contributed by atoms with E-state index in [0.29, 0.717) is 34.0 Å². The molecule has 10 heteroatoms. The quantitative estimate of drug-likeness (QED) is 0.494. The van der Waals surface area contributed by atoms with E-state index in [1.165, 1.54) is 17.2 Å². The highest BCUT2D eigenvalue weighted by molar-refractivity contribution is 6.04. The van der Waals surface area contributed by atoms with E-state index in [2.05, 4.69) is 25.7 Å². The largest absolute Gasteiger partial charge is 0.489 e. The second kappa shape index (κ2) is 8.95. The Labute approximate surface area is 189 Å². The lowest BCUT2D eigenvalue weighted by atomic mass is 10.2. The molecule has 0 saturated carbocycles. The number of nitrogens with one attached hydrogen (secondary N) is 2. The van der Waals surface area contributed by atoms with Crippen molar-refractivity contribution in [3.8, 4) is 17.2 Å². The van der Waals surface area contributed by atoms with Crippen molar-refractivity contribution >= 4 is 28.5 Å². The second-order valence-corrected chi connectivity index (χ2v) is 7.16. The van der Waals surface area contributed by atoms with E-state index in [0.717, 1.165) is 0 Å². The second-order valence-electron chi connectivity index (χ2n) is 7.16. The molecule has 0 spiro atoms. The van der Waals surface area contributed by atoms with Crippen molar-refractivity contribution in [3.63, 3.8) is 0 Å². The van der Waals surface area contributed by atoms with Gasteiger partial charge in [-0.3, -0.25) is 14.6 Å². The van der Waals surface area contributed by atoms with Crippen LogP contribution >= 0.6 is 0 Å². The molecule has 1 aliphatic rings. The highest BCUT2D eigenvalue weighted by Gasteiger charge is 2.31. The third kappa shape index (κ3) is 4.31. The summed E-state index contributed by atoms with van der Waals surface area (Å²) < 4.78 is 11.6. The summed E-state index contributed by atoms with van der Waals surface area (Å²) in [6.45, 7) is -0.0362. The summed E-state index contributed by atoms with van der Waals surface area (Å²) in [6, 6.07) is 14.9. The van der Waals surface area contributed by atoms with Gasteiger partial charge in [-0.15, -0.1) is 0 Å². The van der Waals surface area contributed by atoms with Crippen molar-refractivity contribution in [1.29, 1.82) is 0 Å². The van der Waals surface area contributed by atoms with Gasteiger partial charge in [-0.2, -0.15) is 15.4 Å². The predicted molar refractivity (Wildman–Crippen MR) is 122 cm³/mol. The Morgan fingerprint density at radius 2 is 1.88 bits per heavy atom. The third-order valence-electron chi connectivity index (χ3n) is 5.04. The van der Waals surface area contributed by atoms with Crippen molar-refractivity contribution in [2.45, 2.75) is 13.5 Å². The van der Waals surface area contributed by atoms with Crippen LogP contribution in [-0.2, 0) is 4.79 Å². The van der Waals surface area contributed by atoms with Crippen molar-refractivity contribution in [2.75, 3.05) is 18.6 Å². The molecule has 4 aromatic rings. The number of aromatic nitrogens is 4. The third-order valence-corrected chi connectivity index (χ3v) is 5.04. The Balaban J connectivity index is 0.00000259. The Morgan fingerprint density at radius 1 is 1.12 bits per heavy atom. The van der Waals surface area contributed by atoms with Crippen LogP contribution in [0.15, 0.2) is 60.8 Å². The van der Waals surface area contributed by atoms with Gasteiger partial charge in [0.25, 0.3) is 11.8 Å². The number of benzene rings is 2. The number of aromatic amines is 1. The number of anilines is 1. The first-order valence-electron chi connectivity index (χ1n) is 9.83. The fourth-order valence-corrected chi connectivity index (χ4v) is 3.39. The summed E-state index contributed by atoms with van der Waals surface area (Å²) in [4.78, 5) is 31.4. The van der Waals surface area contributed by atoms with E-state index in [-0.39, 0.29) is 25.6 Å². The normalized spacial score (nSPS) is 15.1. The molecule has 1 aliphatic heterocycles. The highest BCUT2D eigenvalue weighted by atomic mass is 16.5. The SMILES string of the molecule is C.CN1C(=O)[C@@H](NC(=O)c2cc(Oc3ccccc3)ccn2)COc2cc3n[nH]nc3cc21. The molecular weight excluding hydrogens is 424 g/mol. The standard InChI is InChI=1S/C22H18N6O4.CH4/c1-28-19-10-15-16(26-27-25-15)11-20(19)31-12-18(22(28)30)24-21(29)17-9-14(7-8-23-17)32-13-5-3-2-4-6-13;/h2-11,18H,12H2,1H3,(H,24,29)(H,25,26,27);1H4/t18-;/m0./s1. The average molecular weight is 446 g/mol. The van der Waals surface area contributed by atoms with E-state index >= 15 is 0 Å². The number of amides is 2. The minimum atomic E-state index is -0.901. The topological polar surface area (TPSA) is 122 Å². The molecular formula is C23H22N6O4. The Kier molecular flexibility index (Phi) is 5.90. The van der Waals surface area contributed by atoms with Crippen LogP contribution in [0.4, 0.5) is 5.69 Å². The molecule has 2 N–H and O–H groups in total. The Morgan fingerprint density at radius 3 is 2.67 bits per heavy atom. The number of hydrogen-bond acceptors (Lipinski definition) is 7. The lowest BCUT2D eigenvalue weighted by Crippen LogP contribution is -2.49. The van der Waals surface area contributed by atoms with Gasteiger partial charge in [-0.1, -0.05) is 25.6 Å². The summed E-state index contributed by atoms with van der Waals surface area (Å²) in [7, 11) is 1.62. The van der Waals surface area contributed by atoms with Crippen molar-refractivity contribution in [2.24, 2.45) is 0 Å². The minimum absolute atomic E-state index is 0. The fraction of sp³-hybridized carbons (Fsp3) is 0.174. The van der Waals surface area contributed by atoms with Gasteiger partial charge in [-0.05, 0) is 24.3 Å². The first kappa shape index (κ1) is 21.8. The number of carbonyl (C=O) groups is 2. The molecule has 0 saturated heterocycles. The molecule has 0 aliphatic carbocycles. The zero-order chi connectivity index (χ0) is 22.1.